The number of thiophene rings is 1. The Balaban J connectivity index is 1.41. The lowest BCUT2D eigenvalue weighted by molar-refractivity contribution is -0.133. The molecule has 128 valence electrons. The lowest BCUT2D eigenvalue weighted by Gasteiger charge is -2.31. The minimum absolute atomic E-state index is 0.251. The first-order valence-electron chi connectivity index (χ1n) is 8.97. The van der Waals surface area contributed by atoms with Crippen LogP contribution in [0.25, 0.3) is 16.1 Å². The van der Waals surface area contributed by atoms with E-state index in [0.29, 0.717) is 11.8 Å². The molecule has 2 fully saturated rings. The number of hydrogen-bond acceptors (Lipinski definition) is 4. The summed E-state index contributed by atoms with van der Waals surface area (Å²) in [5, 5.41) is 6.82. The zero-order valence-electron chi connectivity index (χ0n) is 14.0. The third kappa shape index (κ3) is 2.84. The van der Waals surface area contributed by atoms with Crippen LogP contribution in [0.3, 0.4) is 0 Å². The third-order valence-corrected chi connectivity index (χ3v) is 6.10. The summed E-state index contributed by atoms with van der Waals surface area (Å²) in [6.07, 6.45) is 6.28. The molecule has 0 bridgehead atoms. The summed E-state index contributed by atoms with van der Waals surface area (Å²) in [7, 11) is 0. The van der Waals surface area contributed by atoms with E-state index < -0.39 is 0 Å². The van der Waals surface area contributed by atoms with E-state index in [9.17, 15) is 4.79 Å². The zero-order chi connectivity index (χ0) is 16.8. The monoisotopic (exact) mass is 352 g/mol. The highest BCUT2D eigenvalue weighted by Gasteiger charge is 2.36. The van der Waals surface area contributed by atoms with Gasteiger partial charge in [-0.3, -0.25) is 4.79 Å². The molecule has 1 aliphatic carbocycles. The van der Waals surface area contributed by atoms with Gasteiger partial charge >= 0.3 is 0 Å². The van der Waals surface area contributed by atoms with Gasteiger partial charge in [0, 0.05) is 41.6 Å². The Bertz CT molecular complexity index is 913. The van der Waals surface area contributed by atoms with Gasteiger partial charge in [-0.1, -0.05) is 6.07 Å². The number of carbonyl (C=O) groups excluding carboxylic acids is 1. The molecule has 1 saturated heterocycles. The minimum atomic E-state index is 0.251. The maximum absolute atomic E-state index is 12.4. The number of hydrogen-bond donors (Lipinski definition) is 0. The molecule has 1 aliphatic heterocycles. The number of carbonyl (C=O) groups is 1. The zero-order valence-corrected chi connectivity index (χ0v) is 14.8. The molecule has 1 saturated carbocycles. The van der Waals surface area contributed by atoms with Gasteiger partial charge in [0.2, 0.25) is 5.91 Å². The number of likely N-dealkylation sites (tertiary alicyclic amines) is 1. The van der Waals surface area contributed by atoms with Gasteiger partial charge in [0.25, 0.3) is 0 Å². The van der Waals surface area contributed by atoms with Gasteiger partial charge in [-0.15, -0.1) is 11.3 Å². The first-order valence-corrected chi connectivity index (χ1v) is 9.85. The molecule has 3 aromatic rings. The summed E-state index contributed by atoms with van der Waals surface area (Å²) < 4.78 is 1.88. The van der Waals surface area contributed by atoms with Crippen molar-refractivity contribution in [2.24, 2.45) is 5.92 Å². The molecule has 5 nitrogen and oxygen atoms in total. The largest absolute Gasteiger partial charge is 0.342 e. The van der Waals surface area contributed by atoms with E-state index in [1.165, 1.54) is 4.88 Å². The maximum Gasteiger partial charge on any atom is 0.225 e. The van der Waals surface area contributed by atoms with Crippen molar-refractivity contribution in [1.82, 2.24) is 19.5 Å². The lowest BCUT2D eigenvalue weighted by Crippen LogP contribution is -2.40. The molecule has 3 aromatic heterocycles. The van der Waals surface area contributed by atoms with Crippen molar-refractivity contribution in [3.63, 3.8) is 0 Å². The number of rotatable bonds is 3. The van der Waals surface area contributed by atoms with Gasteiger partial charge < -0.3 is 4.90 Å². The van der Waals surface area contributed by atoms with Crippen molar-refractivity contribution in [2.75, 3.05) is 13.1 Å². The van der Waals surface area contributed by atoms with E-state index in [1.54, 1.807) is 11.3 Å². The average molecular weight is 352 g/mol. The van der Waals surface area contributed by atoms with Crippen LogP contribution in [0.5, 0.6) is 0 Å². The summed E-state index contributed by atoms with van der Waals surface area (Å²) in [5.41, 5.74) is 2.04. The molecule has 5 rings (SSSR count). The highest BCUT2D eigenvalue weighted by Crippen LogP contribution is 2.34. The predicted octanol–water partition coefficient (Wildman–Crippen LogP) is 3.57. The van der Waals surface area contributed by atoms with Crippen LogP contribution in [0.1, 0.15) is 37.4 Å². The van der Waals surface area contributed by atoms with Crippen LogP contribution in [-0.4, -0.2) is 38.5 Å². The van der Waals surface area contributed by atoms with Crippen LogP contribution in [0.4, 0.5) is 0 Å². The Labute approximate surface area is 150 Å². The standard InChI is InChI=1S/C19H20N4OS/c24-19(13-5-6-13)22-9-1-3-15(11-22)18-20-17-8-7-14(12-23(17)21-18)16-4-2-10-25-16/h2,4,7-8,10,12-13,15H,1,3,5-6,9,11H2/t15-/m1/s1. The number of piperidine rings is 1. The van der Waals surface area contributed by atoms with Crippen molar-refractivity contribution >= 4 is 22.9 Å². The fourth-order valence-electron chi connectivity index (χ4n) is 3.64. The van der Waals surface area contributed by atoms with Crippen molar-refractivity contribution in [1.29, 1.82) is 0 Å². The summed E-state index contributed by atoms with van der Waals surface area (Å²) in [4.78, 5) is 20.4. The third-order valence-electron chi connectivity index (χ3n) is 5.18. The second kappa shape index (κ2) is 5.95. The summed E-state index contributed by atoms with van der Waals surface area (Å²) in [5.74, 6) is 1.76. The molecular weight excluding hydrogens is 332 g/mol. The fraction of sp³-hybridized carbons (Fsp3) is 0.421. The Morgan fingerprint density at radius 1 is 1.20 bits per heavy atom. The Morgan fingerprint density at radius 2 is 2.12 bits per heavy atom. The molecule has 4 heterocycles. The van der Waals surface area contributed by atoms with Crippen LogP contribution in [0.15, 0.2) is 35.8 Å². The molecule has 0 unspecified atom stereocenters. The van der Waals surface area contributed by atoms with E-state index in [1.807, 2.05) is 21.7 Å². The molecule has 0 N–H and O–H groups in total. The Kier molecular flexibility index (Phi) is 3.59. The van der Waals surface area contributed by atoms with E-state index in [4.69, 9.17) is 10.1 Å². The van der Waals surface area contributed by atoms with E-state index in [0.717, 1.165) is 55.8 Å². The smallest absolute Gasteiger partial charge is 0.225 e. The second-order valence-corrected chi connectivity index (χ2v) is 8.01. The number of aromatic nitrogens is 3. The molecule has 0 aromatic carbocycles. The second-order valence-electron chi connectivity index (χ2n) is 7.07. The number of pyridine rings is 1. The van der Waals surface area contributed by atoms with E-state index in [-0.39, 0.29) is 5.92 Å². The molecule has 6 heteroatoms. The topological polar surface area (TPSA) is 50.5 Å². The lowest BCUT2D eigenvalue weighted by atomic mass is 9.97. The number of fused-ring (bicyclic) bond motifs is 1. The van der Waals surface area contributed by atoms with Gasteiger partial charge in [-0.25, -0.2) is 9.50 Å². The maximum atomic E-state index is 12.4. The van der Waals surface area contributed by atoms with Crippen LogP contribution in [0, 0.1) is 5.92 Å². The molecule has 1 atom stereocenters. The van der Waals surface area contributed by atoms with Crippen LogP contribution < -0.4 is 0 Å². The van der Waals surface area contributed by atoms with Crippen LogP contribution >= 0.6 is 11.3 Å². The minimum Gasteiger partial charge on any atom is -0.342 e. The SMILES string of the molecule is O=C(C1CC1)N1CCC[C@@H](c2nc3ccc(-c4cccs4)cn3n2)C1. The number of amides is 1. The average Bonchev–Trinajstić information content (AvgIpc) is 3.18. The highest BCUT2D eigenvalue weighted by molar-refractivity contribution is 7.13. The first-order chi connectivity index (χ1) is 12.3. The summed E-state index contributed by atoms with van der Waals surface area (Å²) >= 11 is 1.73. The van der Waals surface area contributed by atoms with E-state index in [2.05, 4.69) is 23.6 Å². The van der Waals surface area contributed by atoms with Gasteiger partial charge in [-0.2, -0.15) is 5.10 Å². The quantitative estimate of drug-likeness (QED) is 0.724. The number of nitrogens with zero attached hydrogens (tertiary/aromatic N) is 4. The van der Waals surface area contributed by atoms with Gasteiger partial charge in [0.15, 0.2) is 11.5 Å². The van der Waals surface area contributed by atoms with Crippen molar-refractivity contribution in [3.8, 4) is 10.4 Å². The van der Waals surface area contributed by atoms with Crippen LogP contribution in [-0.2, 0) is 4.79 Å². The Morgan fingerprint density at radius 3 is 2.92 bits per heavy atom. The predicted molar refractivity (Wildman–Crippen MR) is 97.6 cm³/mol. The summed E-state index contributed by atoms with van der Waals surface area (Å²) in [6.45, 7) is 1.66. The summed E-state index contributed by atoms with van der Waals surface area (Å²) in [6, 6.07) is 8.31. The van der Waals surface area contributed by atoms with Crippen LogP contribution in [0.2, 0.25) is 0 Å². The molecule has 25 heavy (non-hydrogen) atoms. The molecule has 2 aliphatic rings. The van der Waals surface area contributed by atoms with Gasteiger partial charge in [-0.05, 0) is 49.3 Å². The molecule has 0 radical (unpaired) electrons. The van der Waals surface area contributed by atoms with Crippen molar-refractivity contribution in [2.45, 2.75) is 31.6 Å². The van der Waals surface area contributed by atoms with Gasteiger partial charge in [0.05, 0.1) is 0 Å². The molecular formula is C19H20N4OS. The van der Waals surface area contributed by atoms with Gasteiger partial charge in [0.1, 0.15) is 0 Å². The first kappa shape index (κ1) is 15.1. The Hall–Kier alpha value is -2.21. The molecule has 1 amide bonds. The highest BCUT2D eigenvalue weighted by atomic mass is 32.1. The molecule has 0 spiro atoms. The van der Waals surface area contributed by atoms with Crippen molar-refractivity contribution in [3.05, 3.63) is 41.7 Å². The fourth-order valence-corrected chi connectivity index (χ4v) is 4.36. The van der Waals surface area contributed by atoms with E-state index >= 15 is 0 Å². The normalized spacial score (nSPS) is 21.0. The van der Waals surface area contributed by atoms with Crippen molar-refractivity contribution < 1.29 is 4.79 Å².